The molecule has 2 N–H and O–H groups in total. The Kier molecular flexibility index (Phi) is 6.04. The Morgan fingerprint density at radius 1 is 1.06 bits per heavy atom. The van der Waals surface area contributed by atoms with E-state index in [2.05, 4.69) is 49.3 Å². The summed E-state index contributed by atoms with van der Waals surface area (Å²) in [6.45, 7) is 7.79. The van der Waals surface area contributed by atoms with Crippen molar-refractivity contribution in [2.24, 2.45) is 0 Å². The van der Waals surface area contributed by atoms with Crippen molar-refractivity contribution in [3.05, 3.63) is 35.8 Å². The fourth-order valence-corrected chi connectivity index (χ4v) is 4.03. The normalized spacial score (nSPS) is 18.5. The van der Waals surface area contributed by atoms with Crippen molar-refractivity contribution < 1.29 is 14.3 Å². The average molecular weight is 438 g/mol. The number of hydrogen-bond donors (Lipinski definition) is 2. The molecule has 4 rings (SSSR count). The fraction of sp³-hybridized carbons (Fsp3) is 0.409. The molecule has 3 aromatic rings. The van der Waals surface area contributed by atoms with E-state index in [1.807, 2.05) is 6.07 Å². The maximum Gasteiger partial charge on any atom is 0.316 e. The predicted molar refractivity (Wildman–Crippen MR) is 122 cm³/mol. The van der Waals surface area contributed by atoms with Crippen LogP contribution in [0.3, 0.4) is 0 Å². The third-order valence-corrected chi connectivity index (χ3v) is 5.42. The van der Waals surface area contributed by atoms with Crippen LogP contribution < -0.4 is 25.0 Å². The van der Waals surface area contributed by atoms with Crippen LogP contribution in [0.4, 0.5) is 11.4 Å². The van der Waals surface area contributed by atoms with Gasteiger partial charge in [-0.05, 0) is 32.9 Å². The number of methoxy groups -OCH3 is 2. The molecular formula is C22H27N7O3. The lowest BCUT2D eigenvalue weighted by molar-refractivity contribution is 0.102. The summed E-state index contributed by atoms with van der Waals surface area (Å²) in [4.78, 5) is 32.6. The van der Waals surface area contributed by atoms with Crippen LogP contribution >= 0.6 is 0 Å². The number of hydrogen-bond acceptors (Lipinski definition) is 9. The summed E-state index contributed by atoms with van der Waals surface area (Å²) in [5.41, 5.74) is 3.03. The van der Waals surface area contributed by atoms with Crippen LogP contribution in [0.1, 0.15) is 29.9 Å². The van der Waals surface area contributed by atoms with Crippen molar-refractivity contribution in [2.75, 3.05) is 37.5 Å². The van der Waals surface area contributed by atoms with Crippen molar-refractivity contribution in [2.45, 2.75) is 32.9 Å². The summed E-state index contributed by atoms with van der Waals surface area (Å²) in [6, 6.07) is 4.87. The van der Waals surface area contributed by atoms with Gasteiger partial charge in [-0.15, -0.1) is 0 Å². The Morgan fingerprint density at radius 2 is 1.72 bits per heavy atom. The number of piperazine rings is 1. The molecule has 1 aromatic carbocycles. The van der Waals surface area contributed by atoms with Gasteiger partial charge in [-0.1, -0.05) is 0 Å². The lowest BCUT2D eigenvalue weighted by Crippen LogP contribution is -2.54. The van der Waals surface area contributed by atoms with Gasteiger partial charge >= 0.3 is 12.0 Å². The average Bonchev–Trinajstić information content (AvgIpc) is 2.78. The molecule has 32 heavy (non-hydrogen) atoms. The molecule has 1 fully saturated rings. The van der Waals surface area contributed by atoms with Crippen LogP contribution in [0, 0.1) is 6.92 Å². The molecule has 10 nitrogen and oxygen atoms in total. The van der Waals surface area contributed by atoms with E-state index in [1.165, 1.54) is 20.4 Å². The second kappa shape index (κ2) is 8.91. The summed E-state index contributed by atoms with van der Waals surface area (Å²) >= 11 is 0. The zero-order valence-corrected chi connectivity index (χ0v) is 18.8. The standard InChI is InChI=1S/C22H27N7O3/c1-12-10-29(11-13(2)25-12)18-7-6-15(19-16(18)8-23-22(28-19)32-5)20(30)27-17-9-24-21(31-4)26-14(17)3/h6-9,12-13,25H,10-11H2,1-5H3,(H,27,30)/t12-,13-/m0/s1. The number of carbonyl (C=O) groups excluding carboxylic acids is 1. The van der Waals surface area contributed by atoms with Gasteiger partial charge in [-0.3, -0.25) is 4.79 Å². The van der Waals surface area contributed by atoms with Gasteiger partial charge in [0.1, 0.15) is 0 Å². The number of anilines is 2. The molecule has 168 valence electrons. The number of amides is 1. The molecule has 1 aliphatic heterocycles. The number of rotatable bonds is 5. The number of benzene rings is 1. The maximum absolute atomic E-state index is 13.2. The van der Waals surface area contributed by atoms with Crippen molar-refractivity contribution in [3.63, 3.8) is 0 Å². The quantitative estimate of drug-likeness (QED) is 0.620. The zero-order chi connectivity index (χ0) is 22.8. The molecule has 2 atom stereocenters. The minimum Gasteiger partial charge on any atom is -0.467 e. The first-order valence-electron chi connectivity index (χ1n) is 10.4. The summed E-state index contributed by atoms with van der Waals surface area (Å²) in [6.07, 6.45) is 3.24. The number of fused-ring (bicyclic) bond motifs is 1. The van der Waals surface area contributed by atoms with Crippen LogP contribution in [-0.2, 0) is 0 Å². The van der Waals surface area contributed by atoms with Gasteiger partial charge < -0.3 is 25.0 Å². The highest BCUT2D eigenvalue weighted by Gasteiger charge is 2.25. The molecule has 1 amide bonds. The van der Waals surface area contributed by atoms with Crippen LogP contribution in [0.25, 0.3) is 10.9 Å². The van der Waals surface area contributed by atoms with Gasteiger partial charge in [0.2, 0.25) is 0 Å². The zero-order valence-electron chi connectivity index (χ0n) is 18.8. The minimum absolute atomic E-state index is 0.203. The van der Waals surface area contributed by atoms with Crippen LogP contribution in [0.2, 0.25) is 0 Å². The Bertz CT molecular complexity index is 1140. The van der Waals surface area contributed by atoms with Crippen molar-refractivity contribution in [1.29, 1.82) is 0 Å². The summed E-state index contributed by atoms with van der Waals surface area (Å²) in [5, 5.41) is 7.21. The summed E-state index contributed by atoms with van der Waals surface area (Å²) < 4.78 is 10.3. The van der Waals surface area contributed by atoms with Crippen LogP contribution in [-0.4, -0.2) is 65.2 Å². The highest BCUT2D eigenvalue weighted by molar-refractivity contribution is 6.14. The van der Waals surface area contributed by atoms with E-state index in [1.54, 1.807) is 19.2 Å². The van der Waals surface area contributed by atoms with Gasteiger partial charge in [0.25, 0.3) is 5.91 Å². The molecule has 1 aliphatic rings. The lowest BCUT2D eigenvalue weighted by Gasteiger charge is -2.38. The predicted octanol–water partition coefficient (Wildman–Crippen LogP) is 2.18. The molecule has 1 saturated heterocycles. The maximum atomic E-state index is 13.2. The number of nitrogens with one attached hydrogen (secondary N) is 2. The van der Waals surface area contributed by atoms with Crippen LogP contribution in [0.5, 0.6) is 12.0 Å². The topological polar surface area (TPSA) is 114 Å². The highest BCUT2D eigenvalue weighted by Crippen LogP contribution is 2.31. The van der Waals surface area contributed by atoms with Gasteiger partial charge in [0, 0.05) is 42.4 Å². The van der Waals surface area contributed by atoms with Gasteiger partial charge in [0.05, 0.1) is 42.9 Å². The van der Waals surface area contributed by atoms with E-state index in [9.17, 15) is 4.79 Å². The van der Waals surface area contributed by atoms with E-state index >= 15 is 0 Å². The van der Waals surface area contributed by atoms with E-state index < -0.39 is 0 Å². The first-order chi connectivity index (χ1) is 15.4. The number of ether oxygens (including phenoxy) is 2. The Morgan fingerprint density at radius 3 is 2.38 bits per heavy atom. The molecule has 10 heteroatoms. The molecule has 0 saturated carbocycles. The minimum atomic E-state index is -0.318. The van der Waals surface area contributed by atoms with Crippen molar-refractivity contribution in [1.82, 2.24) is 25.3 Å². The fourth-order valence-electron chi connectivity index (χ4n) is 4.03. The molecule has 0 radical (unpaired) electrons. The molecule has 2 aromatic heterocycles. The molecule has 3 heterocycles. The SMILES string of the molecule is COc1ncc(NC(=O)c2ccc(N3C[C@H](C)N[C@@H](C)C3)c3cnc(OC)nc23)c(C)n1. The Balaban J connectivity index is 1.74. The molecular weight excluding hydrogens is 410 g/mol. The lowest BCUT2D eigenvalue weighted by atomic mass is 10.0. The highest BCUT2D eigenvalue weighted by atomic mass is 16.5. The number of aromatic nitrogens is 4. The van der Waals surface area contributed by atoms with E-state index in [-0.39, 0.29) is 17.9 Å². The first kappa shape index (κ1) is 21.7. The number of nitrogens with zero attached hydrogens (tertiary/aromatic N) is 5. The molecule has 0 aliphatic carbocycles. The summed E-state index contributed by atoms with van der Waals surface area (Å²) in [7, 11) is 3.00. The second-order valence-corrected chi connectivity index (χ2v) is 7.93. The van der Waals surface area contributed by atoms with Crippen LogP contribution in [0.15, 0.2) is 24.5 Å². The Hall–Kier alpha value is -3.53. The number of carbonyl (C=O) groups is 1. The summed E-state index contributed by atoms with van der Waals surface area (Å²) in [5.74, 6) is -0.318. The van der Waals surface area contributed by atoms with Gasteiger partial charge in [-0.2, -0.15) is 9.97 Å². The monoisotopic (exact) mass is 437 g/mol. The molecule has 0 bridgehead atoms. The smallest absolute Gasteiger partial charge is 0.316 e. The largest absolute Gasteiger partial charge is 0.467 e. The first-order valence-corrected chi connectivity index (χ1v) is 10.4. The number of aryl methyl sites for hydroxylation is 1. The van der Waals surface area contributed by atoms with Gasteiger partial charge in [-0.25, -0.2) is 9.97 Å². The molecule has 0 unspecified atom stereocenters. The van der Waals surface area contributed by atoms with Crippen molar-refractivity contribution in [3.8, 4) is 12.0 Å². The van der Waals surface area contributed by atoms with E-state index in [4.69, 9.17) is 9.47 Å². The molecule has 0 spiro atoms. The van der Waals surface area contributed by atoms with Crippen molar-refractivity contribution >= 4 is 28.2 Å². The third-order valence-electron chi connectivity index (χ3n) is 5.42. The third kappa shape index (κ3) is 4.26. The van der Waals surface area contributed by atoms with E-state index in [0.29, 0.717) is 34.5 Å². The Labute approximate surface area is 186 Å². The van der Waals surface area contributed by atoms with E-state index in [0.717, 1.165) is 24.2 Å². The second-order valence-electron chi connectivity index (χ2n) is 7.93. The van der Waals surface area contributed by atoms with Gasteiger partial charge in [0.15, 0.2) is 0 Å².